The van der Waals surface area contributed by atoms with Crippen molar-refractivity contribution in [3.8, 4) is 5.75 Å². The maximum absolute atomic E-state index is 5.71. The molecule has 4 heteroatoms. The van der Waals surface area contributed by atoms with Gasteiger partial charge in [0.1, 0.15) is 5.75 Å². The fraction of sp³-hybridized carbons (Fsp3) is 0.500. The first-order valence-corrected chi connectivity index (χ1v) is 8.34. The van der Waals surface area contributed by atoms with Gasteiger partial charge in [0.2, 0.25) is 0 Å². The second kappa shape index (κ2) is 8.58. The lowest BCUT2D eigenvalue weighted by Crippen LogP contribution is -2.15. The van der Waals surface area contributed by atoms with Crippen molar-refractivity contribution < 1.29 is 9.47 Å². The highest BCUT2D eigenvalue weighted by molar-refractivity contribution is 9.09. The second-order valence-corrected chi connectivity index (χ2v) is 6.36. The largest absolute Gasteiger partial charge is 0.495 e. The third-order valence-corrected chi connectivity index (χ3v) is 3.34. The monoisotopic (exact) mass is 360 g/mol. The summed E-state index contributed by atoms with van der Waals surface area (Å²) < 4.78 is 11.3. The molecule has 1 aromatic rings. The van der Waals surface area contributed by atoms with E-state index in [1.807, 2.05) is 51.3 Å². The van der Waals surface area contributed by atoms with Crippen LogP contribution in [0.3, 0.4) is 0 Å². The topological polar surface area (TPSA) is 18.5 Å². The Kier molecular flexibility index (Phi) is 7.46. The standard InChI is InChI=1S/C16H22BrClO2/c1-16(2,3)20-12-14(11-17)13-5-7-15(8-6-13)19-10-4-9-18/h5-8,12H,4,9-11H2,1-3H3. The molecule has 0 saturated carbocycles. The molecule has 0 aromatic heterocycles. The molecule has 0 unspecified atom stereocenters. The van der Waals surface area contributed by atoms with Gasteiger partial charge in [-0.25, -0.2) is 0 Å². The van der Waals surface area contributed by atoms with Crippen molar-refractivity contribution in [2.75, 3.05) is 17.8 Å². The highest BCUT2D eigenvalue weighted by atomic mass is 79.9. The number of hydrogen-bond acceptors (Lipinski definition) is 2. The number of allylic oxidation sites excluding steroid dienone is 1. The van der Waals surface area contributed by atoms with E-state index in [1.165, 1.54) is 0 Å². The third-order valence-electron chi connectivity index (χ3n) is 2.47. The zero-order valence-corrected chi connectivity index (χ0v) is 14.6. The second-order valence-electron chi connectivity index (χ2n) is 5.42. The minimum absolute atomic E-state index is 0.183. The quantitative estimate of drug-likeness (QED) is 0.375. The first kappa shape index (κ1) is 17.4. The van der Waals surface area contributed by atoms with Gasteiger partial charge in [-0.3, -0.25) is 0 Å². The molecule has 0 aliphatic heterocycles. The molecule has 20 heavy (non-hydrogen) atoms. The van der Waals surface area contributed by atoms with Crippen molar-refractivity contribution in [1.82, 2.24) is 0 Å². The maximum atomic E-state index is 5.71. The highest BCUT2D eigenvalue weighted by Gasteiger charge is 2.10. The molecule has 0 bridgehead atoms. The number of ether oxygens (including phenoxy) is 2. The van der Waals surface area contributed by atoms with Crippen LogP contribution in [0.2, 0.25) is 0 Å². The molecule has 1 aromatic carbocycles. The molecule has 0 fully saturated rings. The first-order valence-electron chi connectivity index (χ1n) is 6.68. The van der Waals surface area contributed by atoms with Crippen molar-refractivity contribution in [2.24, 2.45) is 0 Å². The van der Waals surface area contributed by atoms with Gasteiger partial charge in [0.05, 0.1) is 18.5 Å². The molecular formula is C16H22BrClO2. The summed E-state index contributed by atoms with van der Waals surface area (Å²) in [6, 6.07) is 8.01. The molecule has 1 rings (SSSR count). The zero-order valence-electron chi connectivity index (χ0n) is 12.3. The predicted octanol–water partition coefficient (Wildman–Crippen LogP) is 5.25. The Morgan fingerprint density at radius 1 is 1.25 bits per heavy atom. The normalized spacial score (nSPS) is 12.3. The van der Waals surface area contributed by atoms with E-state index in [2.05, 4.69) is 15.9 Å². The number of halogens is 2. The Bertz CT molecular complexity index is 421. The molecule has 0 aliphatic rings. The number of alkyl halides is 2. The Hall–Kier alpha value is -0.670. The van der Waals surface area contributed by atoms with Crippen LogP contribution in [0, 0.1) is 0 Å². The van der Waals surface area contributed by atoms with E-state index >= 15 is 0 Å². The van der Waals surface area contributed by atoms with Gasteiger partial charge in [0.25, 0.3) is 0 Å². The van der Waals surface area contributed by atoms with Crippen molar-refractivity contribution in [2.45, 2.75) is 32.8 Å². The third kappa shape index (κ3) is 6.67. The van der Waals surface area contributed by atoms with Gasteiger partial charge in [-0.1, -0.05) is 28.1 Å². The Morgan fingerprint density at radius 3 is 2.40 bits per heavy atom. The van der Waals surface area contributed by atoms with Crippen molar-refractivity contribution in [3.63, 3.8) is 0 Å². The zero-order chi connectivity index (χ0) is 15.0. The molecule has 0 heterocycles. The first-order chi connectivity index (χ1) is 9.46. The number of rotatable bonds is 7. The maximum Gasteiger partial charge on any atom is 0.119 e. The minimum Gasteiger partial charge on any atom is -0.495 e. The SMILES string of the molecule is CC(C)(C)OC=C(CBr)c1ccc(OCCCCl)cc1. The lowest BCUT2D eigenvalue weighted by molar-refractivity contribution is 0.0776. The summed E-state index contributed by atoms with van der Waals surface area (Å²) >= 11 is 9.11. The summed E-state index contributed by atoms with van der Waals surface area (Å²) in [5, 5.41) is 0.746. The van der Waals surface area contributed by atoms with E-state index in [4.69, 9.17) is 21.1 Å². The van der Waals surface area contributed by atoms with Gasteiger partial charge in [-0.15, -0.1) is 11.6 Å². The molecule has 0 spiro atoms. The van der Waals surface area contributed by atoms with Crippen LogP contribution in [0.4, 0.5) is 0 Å². The smallest absolute Gasteiger partial charge is 0.119 e. The van der Waals surface area contributed by atoms with E-state index in [0.717, 1.165) is 28.6 Å². The van der Waals surface area contributed by atoms with Crippen molar-refractivity contribution >= 4 is 33.1 Å². The molecule has 0 aliphatic carbocycles. The molecule has 112 valence electrons. The average Bonchev–Trinajstić information content (AvgIpc) is 2.40. The van der Waals surface area contributed by atoms with Crippen LogP contribution < -0.4 is 4.74 Å². The molecule has 0 N–H and O–H groups in total. The van der Waals surface area contributed by atoms with Gasteiger partial charge < -0.3 is 9.47 Å². The lowest BCUT2D eigenvalue weighted by Gasteiger charge is -2.19. The van der Waals surface area contributed by atoms with Gasteiger partial charge >= 0.3 is 0 Å². The Balaban J connectivity index is 2.69. The summed E-state index contributed by atoms with van der Waals surface area (Å²) in [7, 11) is 0. The highest BCUT2D eigenvalue weighted by Crippen LogP contribution is 2.22. The van der Waals surface area contributed by atoms with Gasteiger partial charge in [0, 0.05) is 16.8 Å². The number of benzene rings is 1. The van der Waals surface area contributed by atoms with E-state index in [0.29, 0.717) is 12.5 Å². The molecule has 0 radical (unpaired) electrons. The Labute approximate surface area is 135 Å². The summed E-state index contributed by atoms with van der Waals surface area (Å²) in [6.45, 7) is 6.74. The number of hydrogen-bond donors (Lipinski definition) is 0. The predicted molar refractivity (Wildman–Crippen MR) is 89.9 cm³/mol. The van der Waals surface area contributed by atoms with Gasteiger partial charge in [-0.2, -0.15) is 0 Å². The summed E-state index contributed by atoms with van der Waals surface area (Å²) in [5.74, 6) is 1.49. The van der Waals surface area contributed by atoms with Crippen LogP contribution in [0.1, 0.15) is 32.8 Å². The summed E-state index contributed by atoms with van der Waals surface area (Å²) in [6.07, 6.45) is 2.67. The van der Waals surface area contributed by atoms with Crippen LogP contribution >= 0.6 is 27.5 Å². The van der Waals surface area contributed by atoms with Gasteiger partial charge in [0.15, 0.2) is 0 Å². The molecule has 0 saturated heterocycles. The van der Waals surface area contributed by atoms with E-state index < -0.39 is 0 Å². The lowest BCUT2D eigenvalue weighted by atomic mass is 10.1. The van der Waals surface area contributed by atoms with E-state index in [-0.39, 0.29) is 5.60 Å². The molecule has 0 amide bonds. The van der Waals surface area contributed by atoms with Crippen LogP contribution in [-0.2, 0) is 4.74 Å². The van der Waals surface area contributed by atoms with Crippen molar-refractivity contribution in [1.29, 1.82) is 0 Å². The van der Waals surface area contributed by atoms with Gasteiger partial charge in [-0.05, 0) is 44.9 Å². The molecular weight excluding hydrogens is 340 g/mol. The fourth-order valence-corrected chi connectivity index (χ4v) is 2.00. The van der Waals surface area contributed by atoms with Crippen LogP contribution in [-0.4, -0.2) is 23.4 Å². The van der Waals surface area contributed by atoms with E-state index in [9.17, 15) is 0 Å². The Morgan fingerprint density at radius 2 is 1.90 bits per heavy atom. The average molecular weight is 362 g/mol. The molecule has 2 nitrogen and oxygen atoms in total. The van der Waals surface area contributed by atoms with Crippen molar-refractivity contribution in [3.05, 3.63) is 36.1 Å². The van der Waals surface area contributed by atoms with E-state index in [1.54, 1.807) is 0 Å². The van der Waals surface area contributed by atoms with Crippen LogP contribution in [0.5, 0.6) is 5.75 Å². The minimum atomic E-state index is -0.183. The van der Waals surface area contributed by atoms with Crippen LogP contribution in [0.15, 0.2) is 30.5 Å². The summed E-state index contributed by atoms with van der Waals surface area (Å²) in [4.78, 5) is 0. The fourth-order valence-electron chi connectivity index (χ4n) is 1.43. The molecule has 0 atom stereocenters. The van der Waals surface area contributed by atoms with Crippen LogP contribution in [0.25, 0.3) is 5.57 Å². The summed E-state index contributed by atoms with van der Waals surface area (Å²) in [5.41, 5.74) is 2.04.